The van der Waals surface area contributed by atoms with Crippen LogP contribution in [-0.2, 0) is 6.54 Å². The average molecular weight is 344 g/mol. The van der Waals surface area contributed by atoms with Gasteiger partial charge in [-0.2, -0.15) is 4.98 Å². The van der Waals surface area contributed by atoms with Gasteiger partial charge in [0.1, 0.15) is 5.82 Å². The van der Waals surface area contributed by atoms with E-state index in [1.807, 2.05) is 0 Å². The Morgan fingerprint density at radius 1 is 1.21 bits per heavy atom. The van der Waals surface area contributed by atoms with Gasteiger partial charge >= 0.3 is 0 Å². The summed E-state index contributed by atoms with van der Waals surface area (Å²) in [5, 5.41) is 7.23. The molecule has 3 aromatic rings. The molecule has 1 aromatic carbocycles. The first-order valence-corrected chi connectivity index (χ1v) is 7.57. The Balaban J connectivity index is 1.67. The van der Waals surface area contributed by atoms with Gasteiger partial charge in [-0.1, -0.05) is 16.8 Å². The van der Waals surface area contributed by atoms with Crippen molar-refractivity contribution in [2.75, 3.05) is 0 Å². The van der Waals surface area contributed by atoms with Gasteiger partial charge in [-0.3, -0.25) is 4.79 Å². The number of rotatable bonds is 4. The number of halogens is 1. The molecule has 0 saturated carbocycles. The normalized spacial score (nSPS) is 10.6. The molecule has 2 heterocycles. The van der Waals surface area contributed by atoms with Crippen LogP contribution < -0.4 is 5.32 Å². The molecule has 0 saturated heterocycles. The molecule has 0 unspecified atom stereocenters. The second kappa shape index (κ2) is 6.76. The number of nitrogens with one attached hydrogen (secondary N) is 1. The zero-order valence-electron chi connectivity index (χ0n) is 13.1. The number of aryl methyl sites for hydroxylation is 2. The molecule has 0 atom stereocenters. The van der Waals surface area contributed by atoms with Gasteiger partial charge in [-0.25, -0.2) is 9.97 Å². The van der Waals surface area contributed by atoms with Gasteiger partial charge in [-0.05, 0) is 38.1 Å². The largest absolute Gasteiger partial charge is 0.343 e. The highest BCUT2D eigenvalue weighted by Gasteiger charge is 2.13. The van der Waals surface area contributed by atoms with E-state index in [-0.39, 0.29) is 12.5 Å². The van der Waals surface area contributed by atoms with E-state index >= 15 is 0 Å². The van der Waals surface area contributed by atoms with Crippen LogP contribution in [0.2, 0.25) is 5.02 Å². The van der Waals surface area contributed by atoms with Crippen molar-refractivity contribution in [3.63, 3.8) is 0 Å². The van der Waals surface area contributed by atoms with Crippen molar-refractivity contribution < 1.29 is 9.32 Å². The van der Waals surface area contributed by atoms with Gasteiger partial charge in [-0.15, -0.1) is 0 Å². The van der Waals surface area contributed by atoms with Gasteiger partial charge in [0.25, 0.3) is 5.91 Å². The summed E-state index contributed by atoms with van der Waals surface area (Å²) in [5.74, 6) is 1.07. The number of hydrogen-bond donors (Lipinski definition) is 1. The summed E-state index contributed by atoms with van der Waals surface area (Å²) in [6, 6.07) is 7.08. The number of amides is 1. The molecule has 0 spiro atoms. The fourth-order valence-corrected chi connectivity index (χ4v) is 2.23. The second-order valence-electron chi connectivity index (χ2n) is 5.12. The smallest absolute Gasteiger partial charge is 0.255 e. The van der Waals surface area contributed by atoms with Gasteiger partial charge in [0.15, 0.2) is 0 Å². The molecule has 1 amide bonds. The Kier molecular flexibility index (Phi) is 4.52. The predicted molar refractivity (Wildman–Crippen MR) is 87.4 cm³/mol. The first-order valence-electron chi connectivity index (χ1n) is 7.20. The molecule has 122 valence electrons. The Labute approximate surface area is 143 Å². The molecule has 0 bridgehead atoms. The van der Waals surface area contributed by atoms with Gasteiger partial charge < -0.3 is 9.84 Å². The van der Waals surface area contributed by atoms with Crippen LogP contribution in [0.1, 0.15) is 27.8 Å². The molecular formula is C16H14ClN5O2. The third kappa shape index (κ3) is 3.57. The van der Waals surface area contributed by atoms with Crippen LogP contribution in [0.15, 0.2) is 35.0 Å². The number of benzene rings is 1. The van der Waals surface area contributed by atoms with Crippen LogP contribution in [0, 0.1) is 13.8 Å². The lowest BCUT2D eigenvalue weighted by Crippen LogP contribution is -2.24. The summed E-state index contributed by atoms with van der Waals surface area (Å²) in [5.41, 5.74) is 1.81. The van der Waals surface area contributed by atoms with Crippen LogP contribution in [0.4, 0.5) is 0 Å². The van der Waals surface area contributed by atoms with Crippen LogP contribution in [0.25, 0.3) is 11.4 Å². The molecule has 0 radical (unpaired) electrons. The Morgan fingerprint density at radius 3 is 2.67 bits per heavy atom. The maximum atomic E-state index is 12.2. The quantitative estimate of drug-likeness (QED) is 0.782. The van der Waals surface area contributed by atoms with Crippen molar-refractivity contribution in [3.05, 3.63) is 58.5 Å². The molecule has 8 heteroatoms. The summed E-state index contributed by atoms with van der Waals surface area (Å²) >= 11 is 5.85. The van der Waals surface area contributed by atoms with Crippen molar-refractivity contribution in [1.29, 1.82) is 0 Å². The monoisotopic (exact) mass is 343 g/mol. The van der Waals surface area contributed by atoms with Gasteiger partial charge in [0.05, 0.1) is 17.8 Å². The van der Waals surface area contributed by atoms with E-state index < -0.39 is 0 Å². The zero-order chi connectivity index (χ0) is 17.1. The first kappa shape index (κ1) is 16.1. The van der Waals surface area contributed by atoms with Crippen LogP contribution in [0.3, 0.4) is 0 Å². The van der Waals surface area contributed by atoms with Crippen molar-refractivity contribution in [3.8, 4) is 11.4 Å². The number of nitrogens with zero attached hydrogens (tertiary/aromatic N) is 4. The maximum Gasteiger partial charge on any atom is 0.255 e. The van der Waals surface area contributed by atoms with Gasteiger partial charge in [0.2, 0.25) is 11.7 Å². The Morgan fingerprint density at radius 2 is 1.96 bits per heavy atom. The molecule has 3 rings (SSSR count). The van der Waals surface area contributed by atoms with Crippen LogP contribution in [-0.4, -0.2) is 26.0 Å². The summed E-state index contributed by atoms with van der Waals surface area (Å²) in [6.07, 6.45) is 1.50. The highest BCUT2D eigenvalue weighted by Crippen LogP contribution is 2.18. The molecule has 2 aromatic heterocycles. The highest BCUT2D eigenvalue weighted by atomic mass is 35.5. The molecule has 7 nitrogen and oxygen atoms in total. The third-order valence-electron chi connectivity index (χ3n) is 3.32. The molecule has 0 fully saturated rings. The minimum absolute atomic E-state index is 0.118. The zero-order valence-corrected chi connectivity index (χ0v) is 13.8. The SMILES string of the molecule is Cc1ncc(C(=O)NCc2nc(-c3ccc(Cl)cc3)no2)c(C)n1. The van der Waals surface area contributed by atoms with E-state index in [4.69, 9.17) is 16.1 Å². The number of carbonyl (C=O) groups excluding carboxylic acids is 1. The maximum absolute atomic E-state index is 12.2. The molecular weight excluding hydrogens is 330 g/mol. The van der Waals surface area contributed by atoms with E-state index in [0.29, 0.717) is 33.8 Å². The van der Waals surface area contributed by atoms with Crippen LogP contribution in [0.5, 0.6) is 0 Å². The molecule has 24 heavy (non-hydrogen) atoms. The predicted octanol–water partition coefficient (Wildman–Crippen LogP) is 2.73. The topological polar surface area (TPSA) is 93.8 Å². The number of hydrogen-bond acceptors (Lipinski definition) is 6. The summed E-state index contributed by atoms with van der Waals surface area (Å²) in [7, 11) is 0. The first-order chi connectivity index (χ1) is 11.5. The van der Waals surface area contributed by atoms with Crippen LogP contribution >= 0.6 is 11.6 Å². The molecule has 0 aliphatic rings. The van der Waals surface area contributed by atoms with Crippen molar-refractivity contribution in [1.82, 2.24) is 25.4 Å². The van der Waals surface area contributed by atoms with E-state index in [0.717, 1.165) is 5.56 Å². The van der Waals surface area contributed by atoms with Crippen molar-refractivity contribution >= 4 is 17.5 Å². The Bertz CT molecular complexity index is 876. The Hall–Kier alpha value is -2.80. The van der Waals surface area contributed by atoms with E-state index in [2.05, 4.69) is 25.4 Å². The minimum atomic E-state index is -0.293. The fourth-order valence-electron chi connectivity index (χ4n) is 2.10. The second-order valence-corrected chi connectivity index (χ2v) is 5.55. The van der Waals surface area contributed by atoms with Crippen molar-refractivity contribution in [2.45, 2.75) is 20.4 Å². The van der Waals surface area contributed by atoms with Crippen molar-refractivity contribution in [2.24, 2.45) is 0 Å². The standard InChI is InChI=1S/C16H14ClN5O2/c1-9-13(7-18-10(2)20-9)16(23)19-8-14-21-15(22-24-14)11-3-5-12(17)6-4-11/h3-7H,8H2,1-2H3,(H,19,23). The summed E-state index contributed by atoms with van der Waals surface area (Å²) < 4.78 is 5.14. The van der Waals surface area contributed by atoms with E-state index in [1.54, 1.807) is 38.1 Å². The molecule has 0 aliphatic carbocycles. The van der Waals surface area contributed by atoms with E-state index in [9.17, 15) is 4.79 Å². The fraction of sp³-hybridized carbons (Fsp3) is 0.188. The molecule has 0 aliphatic heterocycles. The van der Waals surface area contributed by atoms with E-state index in [1.165, 1.54) is 6.20 Å². The lowest BCUT2D eigenvalue weighted by atomic mass is 10.2. The highest BCUT2D eigenvalue weighted by molar-refractivity contribution is 6.30. The number of aromatic nitrogens is 4. The minimum Gasteiger partial charge on any atom is -0.343 e. The summed E-state index contributed by atoms with van der Waals surface area (Å²) in [4.78, 5) is 24.6. The lowest BCUT2D eigenvalue weighted by molar-refractivity contribution is 0.0945. The average Bonchev–Trinajstić information content (AvgIpc) is 3.02. The molecule has 1 N–H and O–H groups in total. The van der Waals surface area contributed by atoms with Gasteiger partial charge in [0, 0.05) is 16.8 Å². The lowest BCUT2D eigenvalue weighted by Gasteiger charge is -2.05. The number of carbonyl (C=O) groups is 1. The summed E-state index contributed by atoms with van der Waals surface area (Å²) in [6.45, 7) is 3.65. The third-order valence-corrected chi connectivity index (χ3v) is 3.57.